The fourth-order valence-electron chi connectivity index (χ4n) is 3.56. The lowest BCUT2D eigenvalue weighted by Crippen LogP contribution is -2.30. The zero-order valence-corrected chi connectivity index (χ0v) is 11.4. The number of aryl methyl sites for hydroxylation is 1. The predicted molar refractivity (Wildman–Crippen MR) is 73.8 cm³/mol. The van der Waals surface area contributed by atoms with Gasteiger partial charge in [-0.2, -0.15) is 0 Å². The molecule has 2 aliphatic rings. The molecule has 0 radical (unpaired) electrons. The van der Waals surface area contributed by atoms with Crippen LogP contribution in [0.15, 0.2) is 18.2 Å². The van der Waals surface area contributed by atoms with Gasteiger partial charge in [-0.3, -0.25) is 4.90 Å². The molecular weight excluding hydrogens is 222 g/mol. The molecule has 1 N–H and O–H groups in total. The van der Waals surface area contributed by atoms with Crippen molar-refractivity contribution in [2.24, 2.45) is 5.41 Å². The first-order valence-corrected chi connectivity index (χ1v) is 7.11. The van der Waals surface area contributed by atoms with E-state index in [2.05, 4.69) is 24.8 Å². The van der Waals surface area contributed by atoms with Crippen LogP contribution in [0.5, 0.6) is 5.75 Å². The van der Waals surface area contributed by atoms with E-state index in [4.69, 9.17) is 0 Å². The molecule has 3 rings (SSSR count). The first-order valence-electron chi connectivity index (χ1n) is 7.11. The van der Waals surface area contributed by atoms with Gasteiger partial charge in [0.05, 0.1) is 0 Å². The number of phenolic OH excluding ortho intramolecular Hbond substituents is 1. The summed E-state index contributed by atoms with van der Waals surface area (Å²) in [5.41, 5.74) is 3.27. The van der Waals surface area contributed by atoms with Gasteiger partial charge in [0.25, 0.3) is 0 Å². The van der Waals surface area contributed by atoms with Gasteiger partial charge in [-0.25, -0.2) is 0 Å². The Kier molecular flexibility index (Phi) is 2.86. The number of phenols is 1. The molecular formula is C16H23NO. The molecule has 2 nitrogen and oxygen atoms in total. The smallest absolute Gasteiger partial charge is 0.115 e. The summed E-state index contributed by atoms with van der Waals surface area (Å²) >= 11 is 0. The molecule has 1 aromatic rings. The Hall–Kier alpha value is -1.02. The molecule has 2 heteroatoms. The van der Waals surface area contributed by atoms with E-state index >= 15 is 0 Å². The van der Waals surface area contributed by atoms with E-state index in [1.165, 1.54) is 49.9 Å². The Morgan fingerprint density at radius 1 is 1.33 bits per heavy atom. The Balaban J connectivity index is 1.89. The van der Waals surface area contributed by atoms with Crippen molar-refractivity contribution in [3.63, 3.8) is 0 Å². The lowest BCUT2D eigenvalue weighted by atomic mass is 9.86. The van der Waals surface area contributed by atoms with Crippen LogP contribution < -0.4 is 0 Å². The third-order valence-corrected chi connectivity index (χ3v) is 4.56. The Labute approximate surface area is 110 Å². The van der Waals surface area contributed by atoms with Crippen molar-refractivity contribution in [1.29, 1.82) is 0 Å². The number of benzene rings is 1. The molecule has 1 unspecified atom stereocenters. The van der Waals surface area contributed by atoms with Crippen molar-refractivity contribution in [1.82, 2.24) is 4.90 Å². The number of hydrogen-bond donors (Lipinski definition) is 1. The van der Waals surface area contributed by atoms with Crippen molar-refractivity contribution < 1.29 is 5.11 Å². The van der Waals surface area contributed by atoms with Crippen LogP contribution in [0.2, 0.25) is 0 Å². The van der Waals surface area contributed by atoms with Crippen molar-refractivity contribution >= 4 is 0 Å². The van der Waals surface area contributed by atoms with E-state index in [1.54, 1.807) is 0 Å². The van der Waals surface area contributed by atoms with Crippen molar-refractivity contribution in [2.45, 2.75) is 45.6 Å². The molecule has 1 aliphatic heterocycles. The number of likely N-dealkylation sites (tertiary alicyclic amines) is 1. The van der Waals surface area contributed by atoms with Gasteiger partial charge in [0.2, 0.25) is 0 Å². The standard InChI is InChI=1S/C16H23NO/c1-16(2)8-9-17(11-16)15-5-3-4-12-6-7-13(18)10-14(12)15/h6-7,10,15,18H,3-5,8-9,11H2,1-2H3. The topological polar surface area (TPSA) is 23.5 Å². The van der Waals surface area contributed by atoms with Crippen LogP contribution in [0.1, 0.15) is 50.3 Å². The summed E-state index contributed by atoms with van der Waals surface area (Å²) < 4.78 is 0. The van der Waals surface area contributed by atoms with Gasteiger partial charge in [0, 0.05) is 12.6 Å². The summed E-state index contributed by atoms with van der Waals surface area (Å²) in [6.45, 7) is 7.11. The van der Waals surface area contributed by atoms with E-state index in [0.717, 1.165) is 0 Å². The Morgan fingerprint density at radius 2 is 2.17 bits per heavy atom. The van der Waals surface area contributed by atoms with E-state index in [9.17, 15) is 5.11 Å². The van der Waals surface area contributed by atoms with E-state index in [1.807, 2.05) is 12.1 Å². The number of rotatable bonds is 1. The zero-order chi connectivity index (χ0) is 12.8. The lowest BCUT2D eigenvalue weighted by molar-refractivity contribution is 0.199. The lowest BCUT2D eigenvalue weighted by Gasteiger charge is -2.34. The molecule has 1 saturated heterocycles. The second-order valence-corrected chi connectivity index (χ2v) is 6.68. The average Bonchev–Trinajstić information content (AvgIpc) is 2.69. The van der Waals surface area contributed by atoms with Gasteiger partial charge in [0.1, 0.15) is 5.75 Å². The minimum absolute atomic E-state index is 0.416. The third-order valence-electron chi connectivity index (χ3n) is 4.56. The second-order valence-electron chi connectivity index (χ2n) is 6.68. The maximum atomic E-state index is 9.73. The van der Waals surface area contributed by atoms with E-state index in [-0.39, 0.29) is 0 Å². The maximum absolute atomic E-state index is 9.73. The minimum atomic E-state index is 0.416. The largest absolute Gasteiger partial charge is 0.508 e. The molecule has 1 heterocycles. The summed E-state index contributed by atoms with van der Waals surface area (Å²) in [5.74, 6) is 0.416. The Morgan fingerprint density at radius 3 is 2.89 bits per heavy atom. The third kappa shape index (κ3) is 2.14. The molecule has 0 bridgehead atoms. The molecule has 0 saturated carbocycles. The second kappa shape index (κ2) is 4.27. The van der Waals surface area contributed by atoms with Crippen LogP contribution >= 0.6 is 0 Å². The zero-order valence-electron chi connectivity index (χ0n) is 11.4. The van der Waals surface area contributed by atoms with Gasteiger partial charge in [0.15, 0.2) is 0 Å². The summed E-state index contributed by atoms with van der Waals surface area (Å²) in [6.07, 6.45) is 4.98. The summed E-state index contributed by atoms with van der Waals surface area (Å²) in [6, 6.07) is 6.46. The fraction of sp³-hybridized carbons (Fsp3) is 0.625. The minimum Gasteiger partial charge on any atom is -0.508 e. The summed E-state index contributed by atoms with van der Waals surface area (Å²) in [4.78, 5) is 2.62. The van der Waals surface area contributed by atoms with Crippen molar-refractivity contribution in [3.8, 4) is 5.75 Å². The van der Waals surface area contributed by atoms with Crippen LogP contribution in [0.4, 0.5) is 0 Å². The normalized spacial score (nSPS) is 27.1. The molecule has 18 heavy (non-hydrogen) atoms. The van der Waals surface area contributed by atoms with Crippen molar-refractivity contribution in [2.75, 3.05) is 13.1 Å². The van der Waals surface area contributed by atoms with Crippen LogP contribution in [-0.2, 0) is 6.42 Å². The number of hydrogen-bond acceptors (Lipinski definition) is 2. The molecule has 98 valence electrons. The highest BCUT2D eigenvalue weighted by atomic mass is 16.3. The first-order chi connectivity index (χ1) is 8.55. The van der Waals surface area contributed by atoms with Gasteiger partial charge < -0.3 is 5.11 Å². The highest BCUT2D eigenvalue weighted by Gasteiger charge is 2.35. The number of nitrogens with zero attached hydrogens (tertiary/aromatic N) is 1. The van der Waals surface area contributed by atoms with Gasteiger partial charge in [-0.15, -0.1) is 0 Å². The fourth-order valence-corrected chi connectivity index (χ4v) is 3.56. The SMILES string of the molecule is CC1(C)CCN(C2CCCc3ccc(O)cc32)C1. The molecule has 0 spiro atoms. The van der Waals surface area contributed by atoms with Crippen LogP contribution in [0, 0.1) is 5.41 Å². The molecule has 1 aliphatic carbocycles. The van der Waals surface area contributed by atoms with Crippen molar-refractivity contribution in [3.05, 3.63) is 29.3 Å². The van der Waals surface area contributed by atoms with E-state index in [0.29, 0.717) is 17.2 Å². The molecule has 0 amide bonds. The molecule has 1 fully saturated rings. The number of aromatic hydroxyl groups is 1. The van der Waals surface area contributed by atoms with Gasteiger partial charge in [-0.1, -0.05) is 19.9 Å². The first kappa shape index (κ1) is 12.0. The van der Waals surface area contributed by atoms with Gasteiger partial charge >= 0.3 is 0 Å². The molecule has 1 aromatic carbocycles. The molecule has 1 atom stereocenters. The number of fused-ring (bicyclic) bond motifs is 1. The Bertz CT molecular complexity index is 452. The van der Waals surface area contributed by atoms with Gasteiger partial charge in [-0.05, 0) is 60.9 Å². The highest BCUT2D eigenvalue weighted by Crippen LogP contribution is 2.41. The average molecular weight is 245 g/mol. The molecule has 0 aromatic heterocycles. The monoisotopic (exact) mass is 245 g/mol. The highest BCUT2D eigenvalue weighted by molar-refractivity contribution is 5.38. The predicted octanol–water partition coefficient (Wildman–Crippen LogP) is 3.50. The maximum Gasteiger partial charge on any atom is 0.115 e. The quantitative estimate of drug-likeness (QED) is 0.818. The van der Waals surface area contributed by atoms with Crippen LogP contribution in [0.3, 0.4) is 0 Å². The van der Waals surface area contributed by atoms with E-state index < -0.39 is 0 Å². The van der Waals surface area contributed by atoms with Crippen LogP contribution in [-0.4, -0.2) is 23.1 Å². The van der Waals surface area contributed by atoms with Crippen LogP contribution in [0.25, 0.3) is 0 Å². The summed E-state index contributed by atoms with van der Waals surface area (Å²) in [7, 11) is 0. The summed E-state index contributed by atoms with van der Waals surface area (Å²) in [5, 5.41) is 9.73.